The molecule has 0 unspecified atom stereocenters. The molecular formula is C14H11F2N3O. The number of nitrogen functional groups attached to an aromatic ring is 1. The van der Waals surface area contributed by atoms with Crippen molar-refractivity contribution in [3.05, 3.63) is 48.0 Å². The lowest BCUT2D eigenvalue weighted by atomic mass is 10.2. The average Bonchev–Trinajstić information content (AvgIpc) is 2.77. The van der Waals surface area contributed by atoms with Crippen LogP contribution in [0.25, 0.3) is 16.7 Å². The van der Waals surface area contributed by atoms with E-state index in [4.69, 9.17) is 10.5 Å². The first kappa shape index (κ1) is 12.4. The molecule has 1 heterocycles. The largest absolute Gasteiger partial charge is 0.494 e. The highest BCUT2D eigenvalue weighted by Gasteiger charge is 2.16. The number of hydrogen-bond donors (Lipinski definition) is 1. The van der Waals surface area contributed by atoms with Gasteiger partial charge in [0.1, 0.15) is 17.1 Å². The summed E-state index contributed by atoms with van der Waals surface area (Å²) in [5.41, 5.74) is 7.01. The van der Waals surface area contributed by atoms with E-state index in [0.717, 1.165) is 0 Å². The van der Waals surface area contributed by atoms with Gasteiger partial charge in [-0.3, -0.25) is 4.57 Å². The van der Waals surface area contributed by atoms with Gasteiger partial charge in [-0.2, -0.15) is 0 Å². The summed E-state index contributed by atoms with van der Waals surface area (Å²) in [5, 5.41) is 0. The molecule has 0 saturated heterocycles. The number of halogens is 2. The Morgan fingerprint density at radius 3 is 2.75 bits per heavy atom. The standard InChI is InChI=1S/C14H11F2N3O/c1-20-12-7-8(15)5-6-10(12)19-11-4-2-3-9(16)13(11)18-14(19)17/h2-7H,1H3,(H2,17,18). The van der Waals surface area contributed by atoms with Crippen molar-refractivity contribution in [1.82, 2.24) is 9.55 Å². The highest BCUT2D eigenvalue weighted by atomic mass is 19.1. The molecular weight excluding hydrogens is 264 g/mol. The lowest BCUT2D eigenvalue weighted by Gasteiger charge is -2.11. The van der Waals surface area contributed by atoms with Crippen molar-refractivity contribution in [2.45, 2.75) is 0 Å². The second-order valence-electron chi connectivity index (χ2n) is 4.23. The molecule has 3 aromatic rings. The molecule has 0 radical (unpaired) electrons. The molecule has 0 aliphatic rings. The topological polar surface area (TPSA) is 53.1 Å². The summed E-state index contributed by atoms with van der Waals surface area (Å²) in [6, 6.07) is 8.58. The second-order valence-corrected chi connectivity index (χ2v) is 4.23. The highest BCUT2D eigenvalue weighted by molar-refractivity contribution is 5.82. The molecule has 0 aliphatic carbocycles. The van der Waals surface area contributed by atoms with Gasteiger partial charge in [0.15, 0.2) is 5.82 Å². The Balaban J connectivity index is 2.35. The van der Waals surface area contributed by atoms with Gasteiger partial charge in [0.05, 0.1) is 18.3 Å². The zero-order chi connectivity index (χ0) is 14.3. The lowest BCUT2D eigenvalue weighted by molar-refractivity contribution is 0.410. The van der Waals surface area contributed by atoms with Crippen LogP contribution in [0.4, 0.5) is 14.7 Å². The number of nitrogens with zero attached hydrogens (tertiary/aromatic N) is 2. The van der Waals surface area contributed by atoms with Gasteiger partial charge in [0.2, 0.25) is 5.95 Å². The average molecular weight is 275 g/mol. The number of benzene rings is 2. The maximum absolute atomic E-state index is 13.7. The Morgan fingerprint density at radius 1 is 1.20 bits per heavy atom. The molecule has 4 nitrogen and oxygen atoms in total. The molecule has 0 aliphatic heterocycles. The Kier molecular flexibility index (Phi) is 2.78. The minimum Gasteiger partial charge on any atom is -0.494 e. The summed E-state index contributed by atoms with van der Waals surface area (Å²) < 4.78 is 33.6. The third-order valence-corrected chi connectivity index (χ3v) is 3.04. The normalized spacial score (nSPS) is 10.9. The van der Waals surface area contributed by atoms with E-state index in [1.165, 1.54) is 35.9 Å². The number of fused-ring (bicyclic) bond motifs is 1. The van der Waals surface area contributed by atoms with Crippen molar-refractivity contribution in [3.8, 4) is 11.4 Å². The smallest absolute Gasteiger partial charge is 0.206 e. The first-order valence-corrected chi connectivity index (χ1v) is 5.88. The van der Waals surface area contributed by atoms with Crippen LogP contribution in [-0.4, -0.2) is 16.7 Å². The van der Waals surface area contributed by atoms with Crippen LogP contribution in [0.1, 0.15) is 0 Å². The Labute approximate surface area is 113 Å². The summed E-state index contributed by atoms with van der Waals surface area (Å²) in [4.78, 5) is 4.00. The predicted molar refractivity (Wildman–Crippen MR) is 72.0 cm³/mol. The number of para-hydroxylation sites is 1. The molecule has 1 aromatic heterocycles. The molecule has 0 spiro atoms. The maximum atomic E-state index is 13.7. The van der Waals surface area contributed by atoms with Gasteiger partial charge in [-0.1, -0.05) is 6.07 Å². The minimum absolute atomic E-state index is 0.106. The number of methoxy groups -OCH3 is 1. The molecule has 0 fully saturated rings. The van der Waals surface area contributed by atoms with E-state index in [9.17, 15) is 8.78 Å². The van der Waals surface area contributed by atoms with Crippen molar-refractivity contribution in [1.29, 1.82) is 0 Å². The number of hydrogen-bond acceptors (Lipinski definition) is 3. The summed E-state index contributed by atoms with van der Waals surface area (Å²) in [5.74, 6) is -0.496. The Hall–Kier alpha value is -2.63. The number of nitrogens with two attached hydrogens (primary N) is 1. The molecule has 6 heteroatoms. The Morgan fingerprint density at radius 2 is 2.00 bits per heavy atom. The zero-order valence-corrected chi connectivity index (χ0v) is 10.6. The zero-order valence-electron chi connectivity index (χ0n) is 10.6. The molecule has 20 heavy (non-hydrogen) atoms. The minimum atomic E-state index is -0.464. The third-order valence-electron chi connectivity index (χ3n) is 3.04. The third kappa shape index (κ3) is 1.77. The summed E-state index contributed by atoms with van der Waals surface area (Å²) in [6.45, 7) is 0. The van der Waals surface area contributed by atoms with Crippen LogP contribution in [0.5, 0.6) is 5.75 Å². The van der Waals surface area contributed by atoms with Crippen LogP contribution in [0.2, 0.25) is 0 Å². The van der Waals surface area contributed by atoms with Gasteiger partial charge >= 0.3 is 0 Å². The molecule has 0 saturated carbocycles. The van der Waals surface area contributed by atoms with Crippen molar-refractivity contribution in [2.75, 3.05) is 12.8 Å². The van der Waals surface area contributed by atoms with Crippen LogP contribution < -0.4 is 10.5 Å². The van der Waals surface area contributed by atoms with Gasteiger partial charge in [-0.25, -0.2) is 13.8 Å². The van der Waals surface area contributed by atoms with Crippen molar-refractivity contribution in [3.63, 3.8) is 0 Å². The van der Waals surface area contributed by atoms with Crippen molar-refractivity contribution < 1.29 is 13.5 Å². The fourth-order valence-electron chi connectivity index (χ4n) is 2.17. The fourth-order valence-corrected chi connectivity index (χ4v) is 2.17. The van der Waals surface area contributed by atoms with E-state index in [2.05, 4.69) is 4.98 Å². The molecule has 3 rings (SSSR count). The van der Waals surface area contributed by atoms with E-state index in [1.54, 1.807) is 12.1 Å². The summed E-state index contributed by atoms with van der Waals surface area (Å²) >= 11 is 0. The predicted octanol–water partition coefficient (Wildman–Crippen LogP) is 2.89. The molecule has 0 bridgehead atoms. The van der Waals surface area contributed by atoms with Crippen LogP contribution in [0.15, 0.2) is 36.4 Å². The summed E-state index contributed by atoms with van der Waals surface area (Å²) in [7, 11) is 1.42. The first-order valence-electron chi connectivity index (χ1n) is 5.88. The van der Waals surface area contributed by atoms with Crippen LogP contribution in [0.3, 0.4) is 0 Å². The van der Waals surface area contributed by atoms with Crippen LogP contribution >= 0.6 is 0 Å². The van der Waals surface area contributed by atoms with Crippen LogP contribution in [-0.2, 0) is 0 Å². The molecule has 2 N–H and O–H groups in total. The fraction of sp³-hybridized carbons (Fsp3) is 0.0714. The van der Waals surface area contributed by atoms with Crippen molar-refractivity contribution in [2.24, 2.45) is 0 Å². The maximum Gasteiger partial charge on any atom is 0.206 e. The van der Waals surface area contributed by atoms with E-state index in [-0.39, 0.29) is 11.5 Å². The van der Waals surface area contributed by atoms with Crippen LogP contribution in [0, 0.1) is 11.6 Å². The molecule has 2 aromatic carbocycles. The van der Waals surface area contributed by atoms with E-state index in [1.807, 2.05) is 0 Å². The number of imidazole rings is 1. The van der Waals surface area contributed by atoms with Gasteiger partial charge < -0.3 is 10.5 Å². The number of ether oxygens (including phenoxy) is 1. The van der Waals surface area contributed by atoms with Gasteiger partial charge in [0.25, 0.3) is 0 Å². The van der Waals surface area contributed by atoms with Gasteiger partial charge in [0, 0.05) is 6.07 Å². The molecule has 0 amide bonds. The molecule has 0 atom stereocenters. The number of aromatic nitrogens is 2. The number of anilines is 1. The Bertz CT molecular complexity index is 798. The second kappa shape index (κ2) is 4.48. The quantitative estimate of drug-likeness (QED) is 0.782. The van der Waals surface area contributed by atoms with Crippen molar-refractivity contribution >= 4 is 17.0 Å². The highest BCUT2D eigenvalue weighted by Crippen LogP contribution is 2.30. The van der Waals surface area contributed by atoms with Gasteiger partial charge in [-0.15, -0.1) is 0 Å². The molecule has 102 valence electrons. The summed E-state index contributed by atoms with van der Waals surface area (Å²) in [6.07, 6.45) is 0. The van der Waals surface area contributed by atoms with E-state index in [0.29, 0.717) is 17.0 Å². The van der Waals surface area contributed by atoms with E-state index < -0.39 is 11.6 Å². The first-order chi connectivity index (χ1) is 9.61. The number of rotatable bonds is 2. The lowest BCUT2D eigenvalue weighted by Crippen LogP contribution is -2.03. The van der Waals surface area contributed by atoms with E-state index >= 15 is 0 Å². The SMILES string of the molecule is COc1cc(F)ccc1-n1c(N)nc2c(F)cccc21. The van der Waals surface area contributed by atoms with Gasteiger partial charge in [-0.05, 0) is 24.3 Å². The monoisotopic (exact) mass is 275 g/mol.